The van der Waals surface area contributed by atoms with E-state index in [9.17, 15) is 14.7 Å². The van der Waals surface area contributed by atoms with Gasteiger partial charge in [0.1, 0.15) is 5.75 Å². The van der Waals surface area contributed by atoms with Crippen LogP contribution in [0.5, 0.6) is 5.75 Å². The second-order valence-electron chi connectivity index (χ2n) is 6.50. The number of hydrogen-bond donors (Lipinski definition) is 2. The van der Waals surface area contributed by atoms with E-state index < -0.39 is 12.1 Å². The van der Waals surface area contributed by atoms with Crippen molar-refractivity contribution < 1.29 is 19.4 Å². The van der Waals surface area contributed by atoms with Gasteiger partial charge < -0.3 is 15.2 Å². The van der Waals surface area contributed by atoms with Crippen molar-refractivity contribution in [1.82, 2.24) is 5.32 Å². The van der Waals surface area contributed by atoms with E-state index in [1.54, 1.807) is 24.3 Å². The van der Waals surface area contributed by atoms with E-state index in [1.807, 2.05) is 37.3 Å². The molecule has 1 aliphatic rings. The number of carbonyl (C=O) groups is 2. The molecule has 2 aromatic rings. The maximum Gasteiger partial charge on any atom is 0.251 e. The Labute approximate surface area is 158 Å². The molecule has 3 rings (SSSR count). The molecule has 6 heteroatoms. The maximum absolute atomic E-state index is 12.7. The molecule has 0 bridgehead atoms. The first-order chi connectivity index (χ1) is 13.1. The Morgan fingerprint density at radius 3 is 2.52 bits per heavy atom. The number of nitrogens with one attached hydrogen (secondary N) is 1. The molecule has 0 unspecified atom stereocenters. The summed E-state index contributed by atoms with van der Waals surface area (Å²) in [4.78, 5) is 26.2. The van der Waals surface area contributed by atoms with Crippen molar-refractivity contribution >= 4 is 17.5 Å². The number of carbonyl (C=O) groups excluding carboxylic acids is 2. The minimum absolute atomic E-state index is 0.0778. The van der Waals surface area contributed by atoms with E-state index in [4.69, 9.17) is 4.74 Å². The summed E-state index contributed by atoms with van der Waals surface area (Å²) in [6, 6.07) is 15.5. The Kier molecular flexibility index (Phi) is 6.21. The molecule has 0 aromatic heterocycles. The molecule has 27 heavy (non-hydrogen) atoms. The third kappa shape index (κ3) is 4.53. The van der Waals surface area contributed by atoms with Gasteiger partial charge in [0, 0.05) is 6.54 Å². The molecular weight excluding hydrogens is 344 g/mol. The van der Waals surface area contributed by atoms with Gasteiger partial charge in [-0.05, 0) is 36.2 Å². The fourth-order valence-corrected chi connectivity index (χ4v) is 3.02. The van der Waals surface area contributed by atoms with Gasteiger partial charge in [-0.25, -0.2) is 4.90 Å². The van der Waals surface area contributed by atoms with Gasteiger partial charge in [-0.2, -0.15) is 0 Å². The van der Waals surface area contributed by atoms with Crippen molar-refractivity contribution in [2.45, 2.75) is 31.9 Å². The molecule has 0 saturated carbocycles. The molecule has 142 valence electrons. The van der Waals surface area contributed by atoms with Crippen molar-refractivity contribution in [3.8, 4) is 5.75 Å². The molecule has 2 aromatic carbocycles. The molecule has 2 N–H and O–H groups in total. The zero-order valence-electron chi connectivity index (χ0n) is 15.3. The van der Waals surface area contributed by atoms with Gasteiger partial charge in [-0.1, -0.05) is 37.3 Å². The second-order valence-corrected chi connectivity index (χ2v) is 6.50. The van der Waals surface area contributed by atoms with E-state index in [0.29, 0.717) is 18.0 Å². The van der Waals surface area contributed by atoms with E-state index in [0.717, 1.165) is 12.0 Å². The Bertz CT molecular complexity index is 777. The third-order valence-corrected chi connectivity index (χ3v) is 4.46. The fraction of sp³-hybridized carbons (Fsp3) is 0.333. The van der Waals surface area contributed by atoms with Gasteiger partial charge in [-0.15, -0.1) is 0 Å². The van der Waals surface area contributed by atoms with Crippen LogP contribution in [0.1, 0.15) is 31.4 Å². The summed E-state index contributed by atoms with van der Waals surface area (Å²) in [6.45, 7) is 2.85. The van der Waals surface area contributed by atoms with E-state index in [-0.39, 0.29) is 24.8 Å². The number of amides is 2. The molecular formula is C21H24N2O4. The summed E-state index contributed by atoms with van der Waals surface area (Å²) >= 11 is 0. The number of nitrogens with zero attached hydrogens (tertiary/aromatic N) is 1. The van der Waals surface area contributed by atoms with Gasteiger partial charge >= 0.3 is 0 Å². The van der Waals surface area contributed by atoms with Crippen molar-refractivity contribution in [3.63, 3.8) is 0 Å². The van der Waals surface area contributed by atoms with Gasteiger partial charge in [0.15, 0.2) is 0 Å². The Balaban J connectivity index is 1.61. The number of aliphatic hydroxyl groups excluding tert-OH is 1. The third-order valence-electron chi connectivity index (χ3n) is 4.46. The zero-order chi connectivity index (χ0) is 19.2. The predicted molar refractivity (Wildman–Crippen MR) is 103 cm³/mol. The van der Waals surface area contributed by atoms with Crippen molar-refractivity contribution in [2.75, 3.05) is 18.1 Å². The smallest absolute Gasteiger partial charge is 0.251 e. The Hall–Kier alpha value is -2.70. The summed E-state index contributed by atoms with van der Waals surface area (Å²) in [5, 5.41) is 13.2. The lowest BCUT2D eigenvalue weighted by atomic mass is 10.1. The van der Waals surface area contributed by atoms with Crippen LogP contribution in [0.4, 0.5) is 5.69 Å². The highest BCUT2D eigenvalue weighted by Crippen LogP contribution is 2.25. The number of aliphatic hydroxyl groups is 1. The van der Waals surface area contributed by atoms with E-state index in [1.165, 1.54) is 4.90 Å². The number of benzene rings is 2. The highest BCUT2D eigenvalue weighted by molar-refractivity contribution is 6.22. The van der Waals surface area contributed by atoms with Crippen molar-refractivity contribution in [1.29, 1.82) is 0 Å². The van der Waals surface area contributed by atoms with Crippen LogP contribution in [-0.4, -0.2) is 36.1 Å². The Morgan fingerprint density at radius 2 is 1.85 bits per heavy atom. The summed E-state index contributed by atoms with van der Waals surface area (Å²) in [6.07, 6.45) is 0.250. The first-order valence-electron chi connectivity index (χ1n) is 9.16. The van der Waals surface area contributed by atoms with Crippen molar-refractivity contribution in [2.24, 2.45) is 0 Å². The van der Waals surface area contributed by atoms with Gasteiger partial charge in [0.05, 0.1) is 30.9 Å². The SMILES string of the molecule is CCCOc1ccc(N2C(=O)C[C@H](NC[C@@H](O)c3ccccc3)C2=O)cc1. The van der Waals surface area contributed by atoms with Crippen LogP contribution in [0, 0.1) is 0 Å². The van der Waals surface area contributed by atoms with E-state index >= 15 is 0 Å². The summed E-state index contributed by atoms with van der Waals surface area (Å²) in [7, 11) is 0. The standard InChI is InChI=1S/C21H24N2O4/c1-2-12-27-17-10-8-16(9-11-17)23-20(25)13-18(21(23)26)22-14-19(24)15-6-4-3-5-7-15/h3-11,18-19,22,24H,2,12-14H2,1H3/t18-,19+/m0/s1. The monoisotopic (exact) mass is 368 g/mol. The van der Waals surface area contributed by atoms with E-state index in [2.05, 4.69) is 5.32 Å². The van der Waals surface area contributed by atoms with Gasteiger partial charge in [0.2, 0.25) is 5.91 Å². The van der Waals surface area contributed by atoms with Crippen LogP contribution in [0.15, 0.2) is 54.6 Å². The van der Waals surface area contributed by atoms with Crippen LogP contribution in [-0.2, 0) is 9.59 Å². The maximum atomic E-state index is 12.7. The molecule has 0 aliphatic carbocycles. The predicted octanol–water partition coefficient (Wildman–Crippen LogP) is 2.43. The first kappa shape index (κ1) is 19.1. The van der Waals surface area contributed by atoms with Crippen LogP contribution in [0.25, 0.3) is 0 Å². The largest absolute Gasteiger partial charge is 0.494 e. The zero-order valence-corrected chi connectivity index (χ0v) is 15.3. The summed E-state index contributed by atoms with van der Waals surface area (Å²) in [5.74, 6) is 0.150. The molecule has 6 nitrogen and oxygen atoms in total. The summed E-state index contributed by atoms with van der Waals surface area (Å²) < 4.78 is 5.53. The van der Waals surface area contributed by atoms with Gasteiger partial charge in [0.25, 0.3) is 5.91 Å². The average Bonchev–Trinajstić information content (AvgIpc) is 2.99. The highest BCUT2D eigenvalue weighted by Gasteiger charge is 2.39. The van der Waals surface area contributed by atoms with Crippen molar-refractivity contribution in [3.05, 3.63) is 60.2 Å². The lowest BCUT2D eigenvalue weighted by Gasteiger charge is -2.17. The number of hydrogen-bond acceptors (Lipinski definition) is 5. The molecule has 1 heterocycles. The number of anilines is 1. The fourth-order valence-electron chi connectivity index (χ4n) is 3.02. The minimum Gasteiger partial charge on any atom is -0.494 e. The molecule has 2 atom stereocenters. The summed E-state index contributed by atoms with van der Waals surface area (Å²) in [5.41, 5.74) is 1.29. The number of ether oxygens (including phenoxy) is 1. The molecule has 1 aliphatic heterocycles. The highest BCUT2D eigenvalue weighted by atomic mass is 16.5. The number of rotatable bonds is 8. The number of imide groups is 1. The second kappa shape index (κ2) is 8.79. The van der Waals surface area contributed by atoms with Crippen LogP contribution < -0.4 is 15.0 Å². The molecule has 0 radical (unpaired) electrons. The minimum atomic E-state index is -0.738. The molecule has 0 spiro atoms. The molecule has 1 fully saturated rings. The molecule has 1 saturated heterocycles. The molecule has 2 amide bonds. The average molecular weight is 368 g/mol. The van der Waals surface area contributed by atoms with Crippen LogP contribution in [0.3, 0.4) is 0 Å². The lowest BCUT2D eigenvalue weighted by molar-refractivity contribution is -0.121. The topological polar surface area (TPSA) is 78.9 Å². The van der Waals surface area contributed by atoms with Crippen LogP contribution in [0.2, 0.25) is 0 Å². The quantitative estimate of drug-likeness (QED) is 0.700. The lowest BCUT2D eigenvalue weighted by Crippen LogP contribution is -2.40. The van der Waals surface area contributed by atoms with Gasteiger partial charge in [-0.3, -0.25) is 9.59 Å². The normalized spacial score (nSPS) is 18.0. The van der Waals surface area contributed by atoms with Crippen LogP contribution >= 0.6 is 0 Å². The Morgan fingerprint density at radius 1 is 1.15 bits per heavy atom. The first-order valence-corrected chi connectivity index (χ1v) is 9.16.